The van der Waals surface area contributed by atoms with Gasteiger partial charge in [-0.1, -0.05) is 62.4 Å². The highest BCUT2D eigenvalue weighted by Gasteiger charge is 2.40. The van der Waals surface area contributed by atoms with Gasteiger partial charge in [-0.2, -0.15) is 0 Å². The van der Waals surface area contributed by atoms with Gasteiger partial charge in [-0.3, -0.25) is 4.79 Å². The van der Waals surface area contributed by atoms with E-state index in [2.05, 4.69) is 11.8 Å². The van der Waals surface area contributed by atoms with Gasteiger partial charge in [0.25, 0.3) is 5.91 Å². The number of nitrogens with zero attached hydrogens (tertiary/aromatic N) is 1. The minimum absolute atomic E-state index is 0.0548. The first kappa shape index (κ1) is 22.1. The zero-order valence-electron chi connectivity index (χ0n) is 18.2. The van der Waals surface area contributed by atoms with Crippen molar-refractivity contribution in [1.29, 1.82) is 0 Å². The molecule has 4 rings (SSSR count). The maximum Gasteiger partial charge on any atom is 0.264 e. The molecule has 4 nitrogen and oxygen atoms in total. The number of carbonyl (C=O) groups is 1. The number of hydrogen-bond acceptors (Lipinski definition) is 4. The lowest BCUT2D eigenvalue weighted by atomic mass is 9.87. The van der Waals surface area contributed by atoms with E-state index in [0.717, 1.165) is 5.69 Å². The zero-order chi connectivity index (χ0) is 21.5. The average molecular weight is 440 g/mol. The van der Waals surface area contributed by atoms with Crippen LogP contribution in [0.5, 0.6) is 11.5 Å². The first-order valence-corrected chi connectivity index (χ1v) is 12.5. The number of benzene rings is 2. The molecule has 31 heavy (non-hydrogen) atoms. The molecule has 2 aliphatic rings. The maximum absolute atomic E-state index is 13.2. The zero-order valence-corrected chi connectivity index (χ0v) is 19.0. The van der Waals surface area contributed by atoms with Crippen molar-refractivity contribution in [3.63, 3.8) is 0 Å². The average Bonchev–Trinajstić information content (AvgIpc) is 3.18. The smallest absolute Gasteiger partial charge is 0.264 e. The predicted molar refractivity (Wildman–Crippen MR) is 128 cm³/mol. The Hall–Kier alpha value is -2.14. The molecular formula is C26H33NO3S. The lowest BCUT2D eigenvalue weighted by molar-refractivity contribution is -0.120. The number of carbonyl (C=O) groups excluding carboxylic acids is 1. The van der Waals surface area contributed by atoms with Gasteiger partial charge in [-0.25, -0.2) is 0 Å². The van der Waals surface area contributed by atoms with Gasteiger partial charge in [-0.05, 0) is 49.9 Å². The lowest BCUT2D eigenvalue weighted by Gasteiger charge is -2.32. The summed E-state index contributed by atoms with van der Waals surface area (Å²) < 4.78 is 6.08. The van der Waals surface area contributed by atoms with Gasteiger partial charge in [0, 0.05) is 22.2 Å². The molecule has 0 bridgehead atoms. The van der Waals surface area contributed by atoms with Crippen LogP contribution < -0.4 is 9.64 Å². The summed E-state index contributed by atoms with van der Waals surface area (Å²) in [6.07, 6.45) is 11.9. The largest absolute Gasteiger partial charge is 0.504 e. The summed E-state index contributed by atoms with van der Waals surface area (Å²) in [6.45, 7) is 0.619. The number of phenolic OH excluding ortho intramolecular Hbond substituents is 1. The molecule has 1 spiro atoms. The molecule has 1 aliphatic carbocycles. The van der Waals surface area contributed by atoms with Crippen LogP contribution in [-0.2, 0) is 4.79 Å². The van der Waals surface area contributed by atoms with Crippen molar-refractivity contribution >= 4 is 23.4 Å². The topological polar surface area (TPSA) is 49.8 Å². The Bertz CT molecular complexity index is 849. The van der Waals surface area contributed by atoms with Crippen LogP contribution in [0, 0.1) is 0 Å². The van der Waals surface area contributed by atoms with E-state index in [1.807, 2.05) is 35.2 Å². The Kier molecular flexibility index (Phi) is 7.44. The van der Waals surface area contributed by atoms with E-state index in [9.17, 15) is 9.90 Å². The second-order valence-electron chi connectivity index (χ2n) is 8.83. The normalized spacial score (nSPS) is 20.7. The third kappa shape index (κ3) is 5.76. The number of aromatic hydroxyl groups is 1. The van der Waals surface area contributed by atoms with E-state index >= 15 is 0 Å². The van der Waals surface area contributed by atoms with Crippen LogP contribution in [0.1, 0.15) is 57.8 Å². The summed E-state index contributed by atoms with van der Waals surface area (Å²) in [4.78, 5) is 15.1. The fourth-order valence-corrected chi connectivity index (χ4v) is 6.83. The second kappa shape index (κ2) is 10.4. The van der Waals surface area contributed by atoms with Crippen molar-refractivity contribution in [2.45, 2.75) is 67.8 Å². The Balaban J connectivity index is 1.43. The van der Waals surface area contributed by atoms with Crippen LogP contribution in [0.4, 0.5) is 5.69 Å². The van der Waals surface area contributed by atoms with E-state index in [-0.39, 0.29) is 18.3 Å². The number of anilines is 1. The summed E-state index contributed by atoms with van der Waals surface area (Å²) in [5, 5.41) is 10.4. The summed E-state index contributed by atoms with van der Waals surface area (Å²) in [6, 6.07) is 16.7. The first-order valence-electron chi connectivity index (χ1n) is 11.6. The minimum Gasteiger partial charge on any atom is -0.504 e. The van der Waals surface area contributed by atoms with E-state index < -0.39 is 0 Å². The number of hydrogen-bond donors (Lipinski definition) is 1. The van der Waals surface area contributed by atoms with Crippen molar-refractivity contribution in [2.24, 2.45) is 0 Å². The van der Waals surface area contributed by atoms with Gasteiger partial charge in [0.1, 0.15) is 0 Å². The molecule has 1 atom stereocenters. The molecule has 1 heterocycles. The van der Waals surface area contributed by atoms with Crippen molar-refractivity contribution in [3.8, 4) is 11.5 Å². The van der Waals surface area contributed by atoms with Crippen LogP contribution in [0.3, 0.4) is 0 Å². The molecule has 1 aliphatic heterocycles. The van der Waals surface area contributed by atoms with Gasteiger partial charge < -0.3 is 14.7 Å². The molecule has 2 aromatic rings. The van der Waals surface area contributed by atoms with Gasteiger partial charge in [0.15, 0.2) is 18.1 Å². The summed E-state index contributed by atoms with van der Waals surface area (Å²) in [5.41, 5.74) is 0.910. The van der Waals surface area contributed by atoms with Gasteiger partial charge >= 0.3 is 0 Å². The van der Waals surface area contributed by atoms with Crippen LogP contribution in [0.25, 0.3) is 0 Å². The predicted octanol–water partition coefficient (Wildman–Crippen LogP) is 6.18. The Labute approximate surface area is 190 Å². The molecule has 1 N–H and O–H groups in total. The molecule has 1 saturated carbocycles. The fourth-order valence-electron chi connectivity index (χ4n) is 4.90. The number of amides is 1. The third-order valence-electron chi connectivity index (χ3n) is 6.57. The first-order chi connectivity index (χ1) is 15.2. The van der Waals surface area contributed by atoms with Gasteiger partial charge in [0.05, 0.1) is 0 Å². The van der Waals surface area contributed by atoms with E-state index in [1.54, 1.807) is 24.3 Å². The van der Waals surface area contributed by atoms with Crippen LogP contribution in [0.15, 0.2) is 54.6 Å². The van der Waals surface area contributed by atoms with Crippen molar-refractivity contribution in [3.05, 3.63) is 54.6 Å². The molecule has 1 unspecified atom stereocenters. The number of thioether (sulfide) groups is 1. The minimum atomic E-state index is -0.0883. The summed E-state index contributed by atoms with van der Waals surface area (Å²) in [7, 11) is 0. The lowest BCUT2D eigenvalue weighted by Crippen LogP contribution is -2.39. The van der Waals surface area contributed by atoms with Crippen molar-refractivity contribution < 1.29 is 14.6 Å². The molecular weight excluding hydrogens is 406 g/mol. The van der Waals surface area contributed by atoms with Crippen LogP contribution >= 0.6 is 11.8 Å². The van der Waals surface area contributed by atoms with Crippen molar-refractivity contribution in [1.82, 2.24) is 0 Å². The highest BCUT2D eigenvalue weighted by molar-refractivity contribution is 8.01. The summed E-state index contributed by atoms with van der Waals surface area (Å²) >= 11 is 2.14. The summed E-state index contributed by atoms with van der Waals surface area (Å²) in [5.74, 6) is 0.320. The van der Waals surface area contributed by atoms with Gasteiger partial charge in [0.2, 0.25) is 0 Å². The Morgan fingerprint density at radius 1 is 0.968 bits per heavy atom. The van der Waals surface area contributed by atoms with Crippen LogP contribution in [0.2, 0.25) is 0 Å². The fraction of sp³-hybridized carbons (Fsp3) is 0.500. The molecule has 2 aromatic carbocycles. The van der Waals surface area contributed by atoms with Gasteiger partial charge in [-0.15, -0.1) is 11.8 Å². The quantitative estimate of drug-likeness (QED) is 0.584. The number of phenols is 1. The Morgan fingerprint density at radius 3 is 2.39 bits per heavy atom. The SMILES string of the molecule is O=C(COc1ccccc1O)N(CC1CCC2(CCCCCCC2)S1)c1ccccc1. The molecule has 0 aromatic heterocycles. The van der Waals surface area contributed by atoms with Crippen LogP contribution in [-0.4, -0.2) is 34.2 Å². The molecule has 1 saturated heterocycles. The highest BCUT2D eigenvalue weighted by atomic mass is 32.2. The monoisotopic (exact) mass is 439 g/mol. The highest BCUT2D eigenvalue weighted by Crippen LogP contribution is 2.50. The number of ether oxygens (including phenoxy) is 1. The number of para-hydroxylation sites is 3. The number of rotatable bonds is 6. The molecule has 5 heteroatoms. The molecule has 166 valence electrons. The van der Waals surface area contributed by atoms with E-state index in [1.165, 1.54) is 57.8 Å². The van der Waals surface area contributed by atoms with E-state index in [0.29, 0.717) is 22.3 Å². The molecule has 1 amide bonds. The Morgan fingerprint density at radius 2 is 1.65 bits per heavy atom. The maximum atomic E-state index is 13.2. The van der Waals surface area contributed by atoms with E-state index in [4.69, 9.17) is 4.74 Å². The standard InChI is InChI=1S/C26H33NO3S/c28-23-13-7-8-14-24(23)30-20-25(29)27(21-11-5-4-6-12-21)19-22-15-18-26(31-22)16-9-2-1-3-10-17-26/h4-8,11-14,22,28H,1-3,9-10,15-20H2. The van der Waals surface area contributed by atoms with Crippen molar-refractivity contribution in [2.75, 3.05) is 18.1 Å². The second-order valence-corrected chi connectivity index (χ2v) is 10.6. The molecule has 0 radical (unpaired) electrons. The third-order valence-corrected chi connectivity index (χ3v) is 8.41. The molecule has 2 fully saturated rings.